The second-order valence-electron chi connectivity index (χ2n) is 9.42. The summed E-state index contributed by atoms with van der Waals surface area (Å²) >= 11 is 0. The number of imidazole rings is 1. The fraction of sp³-hybridized carbons (Fsp3) is 0.522. The third-order valence-corrected chi connectivity index (χ3v) is 5.92. The first kappa shape index (κ1) is 21.2. The number of ether oxygens (including phenoxy) is 1. The highest BCUT2D eigenvalue weighted by molar-refractivity contribution is 5.93. The maximum absolute atomic E-state index is 13.7. The molecule has 2 aliphatic heterocycles. The van der Waals surface area contributed by atoms with Crippen molar-refractivity contribution in [3.05, 3.63) is 48.0 Å². The third-order valence-electron chi connectivity index (χ3n) is 5.92. The van der Waals surface area contributed by atoms with Gasteiger partial charge in [0.05, 0.1) is 13.2 Å². The van der Waals surface area contributed by atoms with Gasteiger partial charge < -0.3 is 24.4 Å². The second kappa shape index (κ2) is 7.90. The highest BCUT2D eigenvalue weighted by Gasteiger charge is 2.54. The largest absolute Gasteiger partial charge is 0.444 e. The number of H-pyrrole nitrogens is 1. The molecule has 8 heteroatoms. The number of anilines is 1. The molecule has 1 aromatic heterocycles. The van der Waals surface area contributed by atoms with Crippen LogP contribution in [0.15, 0.2) is 36.5 Å². The number of amides is 2. The molecule has 3 heterocycles. The first-order valence-corrected chi connectivity index (χ1v) is 10.8. The molecule has 0 atom stereocenters. The van der Waals surface area contributed by atoms with Gasteiger partial charge in [0.2, 0.25) is 5.91 Å². The predicted octanol–water partition coefficient (Wildman–Crippen LogP) is 3.29. The molecule has 8 nitrogen and oxygen atoms in total. The number of carbonyl (C=O) groups is 2. The standard InChI is InChI=1S/C23H31N5O3/c1-17-14-24-19(25-17)15-27-16-28(18-8-6-5-7-9-18)23(20(27)29)10-12-26(13-11-23)21(30)31-22(2,3)4/h5-9,14H,10-13,15-16H2,1-4H3,(H,24,25). The van der Waals surface area contributed by atoms with Gasteiger partial charge in [0, 0.05) is 30.7 Å². The van der Waals surface area contributed by atoms with Crippen molar-refractivity contribution in [2.24, 2.45) is 0 Å². The maximum Gasteiger partial charge on any atom is 0.410 e. The summed E-state index contributed by atoms with van der Waals surface area (Å²) in [5, 5.41) is 0. The van der Waals surface area contributed by atoms with Gasteiger partial charge >= 0.3 is 6.09 Å². The SMILES string of the molecule is Cc1cnc(CN2CN(c3ccccc3)C3(CCN(C(=O)OC(C)(C)C)CC3)C2=O)[nH]1. The summed E-state index contributed by atoms with van der Waals surface area (Å²) < 4.78 is 5.53. The Morgan fingerprint density at radius 2 is 1.87 bits per heavy atom. The highest BCUT2D eigenvalue weighted by Crippen LogP contribution is 2.40. The summed E-state index contributed by atoms with van der Waals surface area (Å²) in [6.45, 7) is 9.44. The number of nitrogens with zero attached hydrogens (tertiary/aromatic N) is 4. The van der Waals surface area contributed by atoms with Crippen LogP contribution in [0.3, 0.4) is 0 Å². The van der Waals surface area contributed by atoms with E-state index in [2.05, 4.69) is 14.9 Å². The molecule has 0 saturated carbocycles. The Balaban J connectivity index is 1.56. The fourth-order valence-corrected chi connectivity index (χ4v) is 4.44. The number of aromatic amines is 1. The van der Waals surface area contributed by atoms with Gasteiger partial charge in [-0.25, -0.2) is 9.78 Å². The molecule has 2 amide bonds. The summed E-state index contributed by atoms with van der Waals surface area (Å²) in [4.78, 5) is 39.6. The molecule has 2 fully saturated rings. The van der Waals surface area contributed by atoms with Crippen molar-refractivity contribution >= 4 is 17.7 Å². The smallest absolute Gasteiger partial charge is 0.410 e. The molecule has 2 aliphatic rings. The molecule has 166 valence electrons. The van der Waals surface area contributed by atoms with Gasteiger partial charge in [-0.3, -0.25) is 4.79 Å². The molecule has 0 radical (unpaired) electrons. The lowest BCUT2D eigenvalue weighted by atomic mass is 9.85. The molecule has 2 saturated heterocycles. The van der Waals surface area contributed by atoms with Gasteiger partial charge in [0.15, 0.2) is 0 Å². The number of rotatable bonds is 3. The quantitative estimate of drug-likeness (QED) is 0.816. The fourth-order valence-electron chi connectivity index (χ4n) is 4.44. The van der Waals surface area contributed by atoms with Crippen molar-refractivity contribution in [1.29, 1.82) is 0 Å². The van der Waals surface area contributed by atoms with E-state index in [1.54, 1.807) is 11.1 Å². The number of likely N-dealkylation sites (tertiary alicyclic amines) is 1. The van der Waals surface area contributed by atoms with Gasteiger partial charge in [-0.05, 0) is 52.7 Å². The zero-order valence-corrected chi connectivity index (χ0v) is 18.7. The zero-order valence-electron chi connectivity index (χ0n) is 18.7. The van der Waals surface area contributed by atoms with Crippen LogP contribution in [0.2, 0.25) is 0 Å². The van der Waals surface area contributed by atoms with Crippen LogP contribution in [0.4, 0.5) is 10.5 Å². The van der Waals surface area contributed by atoms with Gasteiger partial charge in [-0.15, -0.1) is 0 Å². The van der Waals surface area contributed by atoms with E-state index in [-0.39, 0.29) is 12.0 Å². The Morgan fingerprint density at radius 3 is 2.45 bits per heavy atom. The van der Waals surface area contributed by atoms with Gasteiger partial charge in [-0.1, -0.05) is 18.2 Å². The van der Waals surface area contributed by atoms with E-state index in [0.29, 0.717) is 39.1 Å². The number of carbonyl (C=O) groups excluding carboxylic acids is 2. The molecule has 4 rings (SSSR count). The van der Waals surface area contributed by atoms with Gasteiger partial charge in [0.25, 0.3) is 0 Å². The number of para-hydroxylation sites is 1. The summed E-state index contributed by atoms with van der Waals surface area (Å²) in [6.07, 6.45) is 2.59. The average molecular weight is 426 g/mol. The van der Waals surface area contributed by atoms with Gasteiger partial charge in [-0.2, -0.15) is 0 Å². The number of piperidine rings is 1. The topological polar surface area (TPSA) is 81.8 Å². The molecule has 1 N–H and O–H groups in total. The molecule has 2 aromatic rings. The Morgan fingerprint density at radius 1 is 1.19 bits per heavy atom. The van der Waals surface area contributed by atoms with Crippen molar-refractivity contribution in [3.8, 4) is 0 Å². The zero-order chi connectivity index (χ0) is 22.2. The van der Waals surface area contributed by atoms with E-state index < -0.39 is 11.1 Å². The van der Waals surface area contributed by atoms with E-state index in [1.807, 2.05) is 62.9 Å². The number of hydrogen-bond donors (Lipinski definition) is 1. The first-order valence-electron chi connectivity index (χ1n) is 10.8. The van der Waals surface area contributed by atoms with Crippen LogP contribution in [0.25, 0.3) is 0 Å². The van der Waals surface area contributed by atoms with Crippen molar-refractivity contribution in [3.63, 3.8) is 0 Å². The first-order chi connectivity index (χ1) is 14.7. The lowest BCUT2D eigenvalue weighted by Crippen LogP contribution is -2.57. The number of aromatic nitrogens is 2. The molecule has 31 heavy (non-hydrogen) atoms. The van der Waals surface area contributed by atoms with E-state index in [4.69, 9.17) is 4.74 Å². The molecular formula is C23H31N5O3. The lowest BCUT2D eigenvalue weighted by Gasteiger charge is -2.43. The van der Waals surface area contributed by atoms with Crippen molar-refractivity contribution < 1.29 is 14.3 Å². The van der Waals surface area contributed by atoms with Crippen LogP contribution < -0.4 is 4.90 Å². The van der Waals surface area contributed by atoms with E-state index in [9.17, 15) is 9.59 Å². The highest BCUT2D eigenvalue weighted by atomic mass is 16.6. The molecule has 0 aliphatic carbocycles. The molecule has 1 aromatic carbocycles. The number of benzene rings is 1. The summed E-state index contributed by atoms with van der Waals surface area (Å²) in [6, 6.07) is 10.0. The van der Waals surface area contributed by atoms with Crippen LogP contribution in [0.1, 0.15) is 45.1 Å². The van der Waals surface area contributed by atoms with Crippen molar-refractivity contribution in [2.75, 3.05) is 24.7 Å². The lowest BCUT2D eigenvalue weighted by molar-refractivity contribution is -0.134. The normalized spacial score (nSPS) is 18.7. The van der Waals surface area contributed by atoms with Crippen LogP contribution in [0.5, 0.6) is 0 Å². The van der Waals surface area contributed by atoms with E-state index in [1.165, 1.54) is 0 Å². The van der Waals surface area contributed by atoms with Gasteiger partial charge in [0.1, 0.15) is 17.0 Å². The summed E-state index contributed by atoms with van der Waals surface area (Å²) in [5.41, 5.74) is 0.784. The van der Waals surface area contributed by atoms with E-state index in [0.717, 1.165) is 17.2 Å². The minimum absolute atomic E-state index is 0.0919. The van der Waals surface area contributed by atoms with E-state index >= 15 is 0 Å². The molecule has 0 bridgehead atoms. The number of aryl methyl sites for hydroxylation is 1. The van der Waals surface area contributed by atoms with Crippen LogP contribution in [-0.4, -0.2) is 62.7 Å². The summed E-state index contributed by atoms with van der Waals surface area (Å²) in [7, 11) is 0. The summed E-state index contributed by atoms with van der Waals surface area (Å²) in [5.74, 6) is 0.872. The maximum atomic E-state index is 13.7. The second-order valence-corrected chi connectivity index (χ2v) is 9.42. The molecule has 1 spiro atoms. The van der Waals surface area contributed by atoms with Crippen LogP contribution in [-0.2, 0) is 16.1 Å². The Kier molecular flexibility index (Phi) is 5.41. The number of nitrogens with one attached hydrogen (secondary N) is 1. The average Bonchev–Trinajstić information content (AvgIpc) is 3.24. The monoisotopic (exact) mass is 425 g/mol. The Labute approximate surface area is 183 Å². The Hall–Kier alpha value is -3.03. The van der Waals surface area contributed by atoms with Crippen LogP contribution in [0, 0.1) is 6.92 Å². The Bertz CT molecular complexity index is 942. The predicted molar refractivity (Wildman–Crippen MR) is 117 cm³/mol. The minimum Gasteiger partial charge on any atom is -0.444 e. The van der Waals surface area contributed by atoms with Crippen molar-refractivity contribution in [2.45, 2.75) is 58.2 Å². The molecular weight excluding hydrogens is 394 g/mol. The number of hydrogen-bond acceptors (Lipinski definition) is 5. The molecule has 0 unspecified atom stereocenters. The minimum atomic E-state index is -0.665. The van der Waals surface area contributed by atoms with Crippen LogP contribution >= 0.6 is 0 Å². The van der Waals surface area contributed by atoms with Crippen molar-refractivity contribution in [1.82, 2.24) is 19.8 Å². The third kappa shape index (κ3) is 4.24.